The van der Waals surface area contributed by atoms with Gasteiger partial charge in [0, 0.05) is 6.61 Å². The fraction of sp³-hybridized carbons (Fsp3) is 0.297. The number of hydrogen-bond donors (Lipinski definition) is 1. The van der Waals surface area contributed by atoms with Crippen LogP contribution in [0.15, 0.2) is 134 Å². The predicted octanol–water partition coefficient (Wildman–Crippen LogP) is 6.27. The first-order valence-electron chi connectivity index (χ1n) is 14.8. The van der Waals surface area contributed by atoms with Crippen LogP contribution in [-0.2, 0) is 35.9 Å². The van der Waals surface area contributed by atoms with Gasteiger partial charge in [-0.1, -0.05) is 127 Å². The van der Waals surface area contributed by atoms with E-state index in [9.17, 15) is 5.11 Å². The van der Waals surface area contributed by atoms with Gasteiger partial charge in [-0.2, -0.15) is 0 Å². The maximum atomic E-state index is 11.8. The first-order chi connectivity index (χ1) is 21.2. The van der Waals surface area contributed by atoms with E-state index in [1.54, 1.807) is 6.08 Å². The van der Waals surface area contributed by atoms with Gasteiger partial charge >= 0.3 is 0 Å². The van der Waals surface area contributed by atoms with Crippen molar-refractivity contribution < 1.29 is 28.8 Å². The normalized spacial score (nSPS) is 22.2. The third-order valence-corrected chi connectivity index (χ3v) is 7.65. The van der Waals surface area contributed by atoms with Crippen LogP contribution in [0.3, 0.4) is 0 Å². The van der Waals surface area contributed by atoms with Gasteiger partial charge in [-0.05, 0) is 29.2 Å². The molecule has 5 atom stereocenters. The summed E-state index contributed by atoms with van der Waals surface area (Å²) < 4.78 is 31.8. The minimum Gasteiger partial charge on any atom is -0.387 e. The van der Waals surface area contributed by atoms with Gasteiger partial charge in [0.25, 0.3) is 0 Å². The Balaban J connectivity index is 1.49. The molecule has 1 aliphatic rings. The van der Waals surface area contributed by atoms with Crippen molar-refractivity contribution in [1.82, 2.24) is 0 Å². The highest BCUT2D eigenvalue weighted by Gasteiger charge is 2.49. The largest absolute Gasteiger partial charge is 0.387 e. The SMILES string of the molecule is C=CCO[C@H]1[C@H](OCC)O[C@H](COC(c2ccccc2)(c2ccccc2)c2ccccc2)[C@@H](O)[C@@H]1OCc1ccccc1. The molecule has 1 N–H and O–H groups in total. The molecule has 1 fully saturated rings. The summed E-state index contributed by atoms with van der Waals surface area (Å²) in [6.07, 6.45) is -2.35. The van der Waals surface area contributed by atoms with Gasteiger partial charge in [-0.15, -0.1) is 6.58 Å². The lowest BCUT2D eigenvalue weighted by atomic mass is 9.80. The molecule has 4 aromatic rings. The Bertz CT molecular complexity index is 1270. The maximum absolute atomic E-state index is 11.8. The van der Waals surface area contributed by atoms with Crippen molar-refractivity contribution in [2.24, 2.45) is 0 Å². The summed E-state index contributed by atoms with van der Waals surface area (Å²) >= 11 is 0. The highest BCUT2D eigenvalue weighted by molar-refractivity contribution is 5.47. The van der Waals surface area contributed by atoms with Crippen molar-refractivity contribution in [3.63, 3.8) is 0 Å². The van der Waals surface area contributed by atoms with E-state index >= 15 is 0 Å². The van der Waals surface area contributed by atoms with Crippen molar-refractivity contribution in [3.8, 4) is 0 Å². The topological polar surface area (TPSA) is 66.4 Å². The Labute approximate surface area is 254 Å². The van der Waals surface area contributed by atoms with Crippen molar-refractivity contribution in [3.05, 3.63) is 156 Å². The molecular weight excluding hydrogens is 540 g/mol. The number of aliphatic hydroxyl groups is 1. The molecule has 0 amide bonds. The van der Waals surface area contributed by atoms with E-state index in [1.807, 2.05) is 91.9 Å². The Hall–Kier alpha value is -3.62. The molecule has 0 bridgehead atoms. The summed E-state index contributed by atoms with van der Waals surface area (Å²) in [5, 5.41) is 11.8. The van der Waals surface area contributed by atoms with E-state index < -0.39 is 36.3 Å². The lowest BCUT2D eigenvalue weighted by Crippen LogP contribution is -2.61. The van der Waals surface area contributed by atoms with Crippen LogP contribution in [0.2, 0.25) is 0 Å². The lowest BCUT2D eigenvalue weighted by molar-refractivity contribution is -0.319. The third kappa shape index (κ3) is 7.13. The van der Waals surface area contributed by atoms with Gasteiger partial charge in [0.2, 0.25) is 0 Å². The van der Waals surface area contributed by atoms with Gasteiger partial charge in [0.05, 0.1) is 19.8 Å². The number of aliphatic hydroxyl groups excluding tert-OH is 1. The Morgan fingerprint density at radius 3 is 1.72 bits per heavy atom. The average Bonchev–Trinajstić information content (AvgIpc) is 3.07. The molecule has 5 rings (SSSR count). The minimum absolute atomic E-state index is 0.0583. The van der Waals surface area contributed by atoms with Crippen LogP contribution < -0.4 is 0 Å². The van der Waals surface area contributed by atoms with Crippen molar-refractivity contribution in [2.75, 3.05) is 19.8 Å². The molecule has 1 heterocycles. The third-order valence-electron chi connectivity index (χ3n) is 7.65. The van der Waals surface area contributed by atoms with E-state index in [1.165, 1.54) is 0 Å². The average molecular weight is 581 g/mol. The summed E-state index contributed by atoms with van der Waals surface area (Å²) in [5.74, 6) is 0. The van der Waals surface area contributed by atoms with Gasteiger partial charge < -0.3 is 28.8 Å². The van der Waals surface area contributed by atoms with Gasteiger partial charge in [0.15, 0.2) is 6.29 Å². The van der Waals surface area contributed by atoms with E-state index in [4.69, 9.17) is 23.7 Å². The maximum Gasteiger partial charge on any atom is 0.186 e. The number of benzene rings is 4. The number of ether oxygens (including phenoxy) is 5. The first-order valence-corrected chi connectivity index (χ1v) is 14.8. The summed E-state index contributed by atoms with van der Waals surface area (Å²) in [4.78, 5) is 0. The van der Waals surface area contributed by atoms with Crippen LogP contribution in [-0.4, -0.2) is 55.6 Å². The quantitative estimate of drug-likeness (QED) is 0.140. The molecule has 4 aromatic carbocycles. The summed E-state index contributed by atoms with van der Waals surface area (Å²) in [7, 11) is 0. The van der Waals surface area contributed by atoms with Gasteiger partial charge in [-0.25, -0.2) is 0 Å². The molecule has 0 spiro atoms. The first kappa shape index (κ1) is 30.8. The predicted molar refractivity (Wildman–Crippen MR) is 166 cm³/mol. The highest BCUT2D eigenvalue weighted by atomic mass is 16.7. The number of hydrogen-bond acceptors (Lipinski definition) is 6. The second-order valence-electron chi connectivity index (χ2n) is 10.4. The Kier molecular flexibility index (Phi) is 10.9. The Morgan fingerprint density at radius 2 is 1.23 bits per heavy atom. The van der Waals surface area contributed by atoms with Crippen LogP contribution in [0.4, 0.5) is 0 Å². The van der Waals surface area contributed by atoms with E-state index in [0.717, 1.165) is 22.3 Å². The van der Waals surface area contributed by atoms with E-state index in [2.05, 4.69) is 43.0 Å². The van der Waals surface area contributed by atoms with E-state index in [0.29, 0.717) is 13.2 Å². The molecule has 0 aliphatic carbocycles. The molecule has 6 nitrogen and oxygen atoms in total. The molecule has 224 valence electrons. The summed E-state index contributed by atoms with van der Waals surface area (Å²) in [5.41, 5.74) is 2.90. The smallest absolute Gasteiger partial charge is 0.186 e. The van der Waals surface area contributed by atoms with Crippen LogP contribution >= 0.6 is 0 Å². The molecule has 1 saturated heterocycles. The molecule has 6 heteroatoms. The molecule has 0 radical (unpaired) electrons. The summed E-state index contributed by atoms with van der Waals surface area (Å²) in [6.45, 7) is 6.69. The lowest BCUT2D eigenvalue weighted by Gasteiger charge is -2.45. The van der Waals surface area contributed by atoms with Gasteiger partial charge in [-0.3, -0.25) is 0 Å². The molecule has 1 aliphatic heterocycles. The van der Waals surface area contributed by atoms with Crippen molar-refractivity contribution >= 4 is 0 Å². The zero-order valence-corrected chi connectivity index (χ0v) is 24.5. The highest BCUT2D eigenvalue weighted by Crippen LogP contribution is 2.41. The monoisotopic (exact) mass is 580 g/mol. The van der Waals surface area contributed by atoms with Crippen molar-refractivity contribution in [2.45, 2.75) is 49.8 Å². The standard InChI is InChI=1S/C37H40O6/c1-3-25-40-35-34(41-26-28-17-9-5-10-18-28)33(38)32(43-36(35)39-4-2)27-42-37(29-19-11-6-12-20-29,30-21-13-7-14-22-30)31-23-15-8-16-24-31/h3,5-24,32-36,38H,1,4,25-27H2,2H3/t32-,33-,34+,35-,36-/m1/s1. The Morgan fingerprint density at radius 1 is 0.721 bits per heavy atom. The molecule has 0 unspecified atom stereocenters. The zero-order valence-electron chi connectivity index (χ0n) is 24.5. The second kappa shape index (κ2) is 15.2. The fourth-order valence-electron chi connectivity index (χ4n) is 5.62. The van der Waals surface area contributed by atoms with Gasteiger partial charge in [0.1, 0.15) is 30.0 Å². The van der Waals surface area contributed by atoms with Crippen LogP contribution in [0, 0.1) is 0 Å². The molecular formula is C37H40O6. The van der Waals surface area contributed by atoms with Crippen LogP contribution in [0.5, 0.6) is 0 Å². The van der Waals surface area contributed by atoms with E-state index in [-0.39, 0.29) is 13.2 Å². The number of rotatable bonds is 14. The van der Waals surface area contributed by atoms with Crippen LogP contribution in [0.25, 0.3) is 0 Å². The zero-order chi connectivity index (χ0) is 29.9. The second-order valence-corrected chi connectivity index (χ2v) is 10.4. The van der Waals surface area contributed by atoms with Crippen LogP contribution in [0.1, 0.15) is 29.2 Å². The summed E-state index contributed by atoms with van der Waals surface area (Å²) in [6, 6.07) is 40.2. The minimum atomic E-state index is -1.06. The van der Waals surface area contributed by atoms with Crippen molar-refractivity contribution in [1.29, 1.82) is 0 Å². The molecule has 0 saturated carbocycles. The molecule has 43 heavy (non-hydrogen) atoms. The molecule has 0 aromatic heterocycles. The fourth-order valence-corrected chi connectivity index (χ4v) is 5.62.